The second kappa shape index (κ2) is 7.14. The third kappa shape index (κ3) is 4.56. The van der Waals surface area contributed by atoms with E-state index in [-0.39, 0.29) is 22.6 Å². The summed E-state index contributed by atoms with van der Waals surface area (Å²) < 4.78 is 26.9. The average Bonchev–Trinajstić information content (AvgIpc) is 2.53. The highest BCUT2D eigenvalue weighted by atomic mass is 32.2. The molecule has 0 aromatic heterocycles. The highest BCUT2D eigenvalue weighted by Gasteiger charge is 2.15. The Morgan fingerprint density at radius 1 is 1.00 bits per heavy atom. The van der Waals surface area contributed by atoms with Crippen molar-refractivity contribution >= 4 is 27.6 Å². The molecule has 0 saturated heterocycles. The third-order valence-corrected chi connectivity index (χ3v) is 4.62. The number of aromatic carboxylic acids is 1. The number of hydrogen-bond acceptors (Lipinski definition) is 4. The number of sulfonamides is 1. The van der Waals surface area contributed by atoms with Crippen LogP contribution < -0.4 is 4.72 Å². The van der Waals surface area contributed by atoms with E-state index < -0.39 is 22.0 Å². The van der Waals surface area contributed by atoms with Crippen molar-refractivity contribution in [2.45, 2.75) is 17.7 Å². The number of rotatable bonds is 7. The molecule has 0 amide bonds. The molecule has 7 nitrogen and oxygen atoms in total. The quantitative estimate of drug-likeness (QED) is 0.705. The molecule has 0 fully saturated rings. The molecule has 3 N–H and O–H groups in total. The van der Waals surface area contributed by atoms with Crippen molar-refractivity contribution < 1.29 is 28.2 Å². The van der Waals surface area contributed by atoms with Crippen LogP contribution in [0.15, 0.2) is 53.4 Å². The second-order valence-electron chi connectivity index (χ2n) is 5.03. The summed E-state index contributed by atoms with van der Waals surface area (Å²) in [7, 11) is -3.86. The summed E-state index contributed by atoms with van der Waals surface area (Å²) in [5.74, 6) is -2.08. The van der Waals surface area contributed by atoms with Crippen LogP contribution in [0.3, 0.4) is 0 Å². The molecule has 0 heterocycles. The minimum Gasteiger partial charge on any atom is -0.481 e. The topological polar surface area (TPSA) is 121 Å². The van der Waals surface area contributed by atoms with Crippen molar-refractivity contribution in [3.63, 3.8) is 0 Å². The van der Waals surface area contributed by atoms with E-state index in [9.17, 15) is 18.0 Å². The number of carboxylic acid groups (broad SMARTS) is 2. The van der Waals surface area contributed by atoms with Crippen LogP contribution in [0.1, 0.15) is 22.3 Å². The number of carboxylic acids is 2. The first-order chi connectivity index (χ1) is 11.3. The maximum atomic E-state index is 12.3. The van der Waals surface area contributed by atoms with Crippen molar-refractivity contribution in [2.75, 3.05) is 4.72 Å². The minimum absolute atomic E-state index is 0.00213. The van der Waals surface area contributed by atoms with Gasteiger partial charge < -0.3 is 10.2 Å². The lowest BCUT2D eigenvalue weighted by Crippen LogP contribution is -2.13. The van der Waals surface area contributed by atoms with Gasteiger partial charge in [-0.05, 0) is 42.3 Å². The van der Waals surface area contributed by atoms with Crippen LogP contribution >= 0.6 is 0 Å². The van der Waals surface area contributed by atoms with Crippen LogP contribution in [0.4, 0.5) is 5.69 Å². The molecule has 0 atom stereocenters. The van der Waals surface area contributed by atoms with Gasteiger partial charge in [-0.15, -0.1) is 0 Å². The highest BCUT2D eigenvalue weighted by Crippen LogP contribution is 2.18. The van der Waals surface area contributed by atoms with Gasteiger partial charge in [0.1, 0.15) is 0 Å². The first kappa shape index (κ1) is 17.5. The lowest BCUT2D eigenvalue weighted by atomic mass is 10.1. The Bertz CT molecular complexity index is 858. The van der Waals surface area contributed by atoms with Crippen LogP contribution in [0.5, 0.6) is 0 Å². The summed E-state index contributed by atoms with van der Waals surface area (Å²) in [6.45, 7) is 0. The number of aliphatic carboxylic acids is 1. The van der Waals surface area contributed by atoms with Crippen molar-refractivity contribution in [1.82, 2.24) is 0 Å². The fraction of sp³-hybridized carbons (Fsp3) is 0.125. The minimum atomic E-state index is -3.86. The zero-order valence-electron chi connectivity index (χ0n) is 12.5. The van der Waals surface area contributed by atoms with Crippen LogP contribution in [-0.2, 0) is 21.2 Å². The Morgan fingerprint density at radius 2 is 1.67 bits per heavy atom. The molecule has 0 aliphatic rings. The Labute approximate surface area is 138 Å². The smallest absolute Gasteiger partial charge is 0.335 e. The van der Waals surface area contributed by atoms with E-state index in [4.69, 9.17) is 10.2 Å². The second-order valence-corrected chi connectivity index (χ2v) is 6.71. The zero-order chi connectivity index (χ0) is 17.7. The van der Waals surface area contributed by atoms with E-state index in [1.165, 1.54) is 36.4 Å². The van der Waals surface area contributed by atoms with Gasteiger partial charge in [-0.25, -0.2) is 13.2 Å². The van der Waals surface area contributed by atoms with Crippen LogP contribution in [-0.4, -0.2) is 30.6 Å². The van der Waals surface area contributed by atoms with E-state index in [1.807, 2.05) is 0 Å². The molecule has 24 heavy (non-hydrogen) atoms. The maximum Gasteiger partial charge on any atom is 0.335 e. The van der Waals surface area contributed by atoms with Crippen molar-refractivity contribution in [3.8, 4) is 0 Å². The van der Waals surface area contributed by atoms with Gasteiger partial charge >= 0.3 is 11.9 Å². The monoisotopic (exact) mass is 349 g/mol. The number of anilines is 1. The molecule has 0 radical (unpaired) electrons. The van der Waals surface area contributed by atoms with Gasteiger partial charge in [0.15, 0.2) is 0 Å². The van der Waals surface area contributed by atoms with Gasteiger partial charge in [0.2, 0.25) is 0 Å². The summed E-state index contributed by atoms with van der Waals surface area (Å²) >= 11 is 0. The molecule has 8 heteroatoms. The molecule has 0 spiro atoms. The van der Waals surface area contributed by atoms with Crippen molar-refractivity contribution in [3.05, 3.63) is 59.7 Å². The lowest BCUT2D eigenvalue weighted by Gasteiger charge is -2.09. The van der Waals surface area contributed by atoms with E-state index in [2.05, 4.69) is 4.72 Å². The SMILES string of the molecule is O=C(O)CCc1ccc(S(=O)(=O)Nc2cccc(C(=O)O)c2)cc1. The summed E-state index contributed by atoms with van der Waals surface area (Å²) in [6, 6.07) is 11.3. The molecule has 2 aromatic rings. The van der Waals surface area contributed by atoms with Gasteiger partial charge in [-0.3, -0.25) is 9.52 Å². The van der Waals surface area contributed by atoms with Gasteiger partial charge in [-0.2, -0.15) is 0 Å². The van der Waals surface area contributed by atoms with Gasteiger partial charge in [0, 0.05) is 12.1 Å². The Kier molecular flexibility index (Phi) is 5.20. The third-order valence-electron chi connectivity index (χ3n) is 3.22. The van der Waals surface area contributed by atoms with Crippen LogP contribution in [0, 0.1) is 0 Å². The fourth-order valence-electron chi connectivity index (χ4n) is 2.02. The summed E-state index contributed by atoms with van der Waals surface area (Å²) in [5.41, 5.74) is 0.827. The molecule has 2 aromatic carbocycles. The van der Waals surface area contributed by atoms with E-state index in [1.54, 1.807) is 12.1 Å². The lowest BCUT2D eigenvalue weighted by molar-refractivity contribution is -0.136. The first-order valence-electron chi connectivity index (χ1n) is 6.95. The predicted molar refractivity (Wildman–Crippen MR) is 86.6 cm³/mol. The summed E-state index contributed by atoms with van der Waals surface area (Å²) in [6.07, 6.45) is 0.274. The molecular weight excluding hydrogens is 334 g/mol. The largest absolute Gasteiger partial charge is 0.481 e. The van der Waals surface area contributed by atoms with Gasteiger partial charge in [0.25, 0.3) is 10.0 Å². The van der Waals surface area contributed by atoms with Crippen molar-refractivity contribution in [1.29, 1.82) is 0 Å². The Balaban J connectivity index is 2.16. The van der Waals surface area contributed by atoms with Crippen LogP contribution in [0.25, 0.3) is 0 Å². The molecule has 0 saturated carbocycles. The molecule has 126 valence electrons. The zero-order valence-corrected chi connectivity index (χ0v) is 13.3. The van der Waals surface area contributed by atoms with E-state index in [0.717, 1.165) is 0 Å². The standard InChI is InChI=1S/C16H15NO6S/c18-15(19)9-6-11-4-7-14(8-5-11)24(22,23)17-13-3-1-2-12(10-13)16(20)21/h1-5,7-8,10,17H,6,9H2,(H,18,19)(H,20,21). The average molecular weight is 349 g/mol. The number of benzene rings is 2. The first-order valence-corrected chi connectivity index (χ1v) is 8.43. The number of aryl methyl sites for hydroxylation is 1. The number of nitrogens with one attached hydrogen (secondary N) is 1. The molecule has 0 unspecified atom stereocenters. The Hall–Kier alpha value is -2.87. The molecule has 2 rings (SSSR count). The fourth-order valence-corrected chi connectivity index (χ4v) is 3.07. The van der Waals surface area contributed by atoms with Gasteiger partial charge in [0.05, 0.1) is 10.5 Å². The Morgan fingerprint density at radius 3 is 2.25 bits per heavy atom. The van der Waals surface area contributed by atoms with Gasteiger partial charge in [-0.1, -0.05) is 18.2 Å². The predicted octanol–water partition coefficient (Wildman–Crippen LogP) is 2.20. The summed E-state index contributed by atoms with van der Waals surface area (Å²) in [4.78, 5) is 21.4. The van der Waals surface area contributed by atoms with Crippen LogP contribution in [0.2, 0.25) is 0 Å². The normalized spacial score (nSPS) is 11.0. The molecule has 0 aliphatic carbocycles. The molecular formula is C16H15NO6S. The highest BCUT2D eigenvalue weighted by molar-refractivity contribution is 7.92. The number of carbonyl (C=O) groups is 2. The number of hydrogen-bond donors (Lipinski definition) is 3. The summed E-state index contributed by atoms with van der Waals surface area (Å²) in [5, 5.41) is 17.6. The van der Waals surface area contributed by atoms with E-state index in [0.29, 0.717) is 12.0 Å². The molecule has 0 aliphatic heterocycles. The maximum absolute atomic E-state index is 12.3. The van der Waals surface area contributed by atoms with Crippen molar-refractivity contribution in [2.24, 2.45) is 0 Å². The van der Waals surface area contributed by atoms with E-state index >= 15 is 0 Å². The molecule has 0 bridgehead atoms.